The normalized spacial score (nSPS) is 10.2. The lowest BCUT2D eigenvalue weighted by atomic mass is 10.1. The number of hydroxylamine groups is 1. The number of nitrogens with zero attached hydrogens (tertiary/aromatic N) is 2. The van der Waals surface area contributed by atoms with E-state index in [4.69, 9.17) is 4.84 Å². The third kappa shape index (κ3) is 3.47. The summed E-state index contributed by atoms with van der Waals surface area (Å²) in [4.78, 5) is 24.7. The number of nitro groups is 2. The van der Waals surface area contributed by atoms with Crippen LogP contribution in [0.1, 0.15) is 12.5 Å². The van der Waals surface area contributed by atoms with Gasteiger partial charge in [0.25, 0.3) is 11.4 Å². The minimum atomic E-state index is -0.674. The molecule has 0 aliphatic rings. The van der Waals surface area contributed by atoms with Crippen LogP contribution in [0.3, 0.4) is 0 Å². The highest BCUT2D eigenvalue weighted by molar-refractivity contribution is 5.48. The molecule has 0 aromatic heterocycles. The largest absolute Gasteiger partial charge is 0.302 e. The summed E-state index contributed by atoms with van der Waals surface area (Å²) in [7, 11) is 0. The third-order valence-electron chi connectivity index (χ3n) is 1.99. The molecule has 0 aliphatic heterocycles. The summed E-state index contributed by atoms with van der Waals surface area (Å²) in [5.41, 5.74) is 2.24. The van der Waals surface area contributed by atoms with Gasteiger partial charge in [0.15, 0.2) is 0 Å². The van der Waals surface area contributed by atoms with E-state index in [-0.39, 0.29) is 17.9 Å². The van der Waals surface area contributed by atoms with Crippen molar-refractivity contribution in [3.05, 3.63) is 44.0 Å². The number of rotatable bonds is 6. The first-order chi connectivity index (χ1) is 8.06. The van der Waals surface area contributed by atoms with Gasteiger partial charge in [-0.3, -0.25) is 20.2 Å². The van der Waals surface area contributed by atoms with Gasteiger partial charge in [-0.05, 0) is 13.0 Å². The molecule has 8 heteroatoms. The van der Waals surface area contributed by atoms with E-state index in [9.17, 15) is 20.2 Å². The van der Waals surface area contributed by atoms with Gasteiger partial charge in [0.2, 0.25) is 0 Å². The van der Waals surface area contributed by atoms with E-state index in [0.717, 1.165) is 6.07 Å². The fourth-order valence-corrected chi connectivity index (χ4v) is 1.22. The zero-order chi connectivity index (χ0) is 12.8. The molecule has 0 saturated heterocycles. The Morgan fingerprint density at radius 3 is 2.53 bits per heavy atom. The Bertz CT molecular complexity index is 435. The topological polar surface area (TPSA) is 108 Å². The maximum Gasteiger partial charge on any atom is 0.280 e. The van der Waals surface area contributed by atoms with Crippen LogP contribution in [-0.4, -0.2) is 16.5 Å². The van der Waals surface area contributed by atoms with Crippen molar-refractivity contribution < 1.29 is 14.7 Å². The molecule has 0 spiro atoms. The molecule has 0 radical (unpaired) electrons. The van der Waals surface area contributed by atoms with Crippen LogP contribution in [0.4, 0.5) is 11.4 Å². The van der Waals surface area contributed by atoms with E-state index in [1.807, 2.05) is 0 Å². The Morgan fingerprint density at radius 1 is 1.29 bits per heavy atom. The number of hydrogen-bond acceptors (Lipinski definition) is 6. The third-order valence-corrected chi connectivity index (χ3v) is 1.99. The number of hydrogen-bond donors (Lipinski definition) is 1. The molecule has 1 aromatic carbocycles. The van der Waals surface area contributed by atoms with Crippen molar-refractivity contribution in [2.75, 3.05) is 6.61 Å². The number of nitrogens with one attached hydrogen (secondary N) is 1. The van der Waals surface area contributed by atoms with Gasteiger partial charge in [0.1, 0.15) is 0 Å². The summed E-state index contributed by atoms with van der Waals surface area (Å²) >= 11 is 0. The average molecular weight is 241 g/mol. The Labute approximate surface area is 96.4 Å². The van der Waals surface area contributed by atoms with Crippen molar-refractivity contribution in [1.82, 2.24) is 5.48 Å². The molecule has 1 rings (SSSR count). The average Bonchev–Trinajstić information content (AvgIpc) is 2.29. The molecule has 1 aromatic rings. The standard InChI is InChI=1S/C9H11N3O5/c1-2-17-10-6-7-3-4-8(11(13)14)5-9(7)12(15)16/h3-5,10H,2,6H2,1H3. The van der Waals surface area contributed by atoms with Crippen molar-refractivity contribution >= 4 is 11.4 Å². The van der Waals surface area contributed by atoms with E-state index in [1.54, 1.807) is 6.92 Å². The highest BCUT2D eigenvalue weighted by Crippen LogP contribution is 2.24. The molecular formula is C9H11N3O5. The molecule has 0 amide bonds. The van der Waals surface area contributed by atoms with Crippen LogP contribution in [0, 0.1) is 20.2 Å². The summed E-state index contributed by atoms with van der Waals surface area (Å²) in [5, 5.41) is 21.2. The molecule has 0 unspecified atom stereocenters. The van der Waals surface area contributed by atoms with Gasteiger partial charge in [-0.1, -0.05) is 0 Å². The van der Waals surface area contributed by atoms with E-state index in [1.165, 1.54) is 12.1 Å². The molecule has 0 heterocycles. The maximum atomic E-state index is 10.7. The predicted octanol–water partition coefficient (Wildman–Crippen LogP) is 1.54. The van der Waals surface area contributed by atoms with Crippen molar-refractivity contribution in [3.63, 3.8) is 0 Å². The van der Waals surface area contributed by atoms with Crippen LogP contribution < -0.4 is 5.48 Å². The van der Waals surface area contributed by atoms with Crippen LogP contribution in [0.15, 0.2) is 18.2 Å². The van der Waals surface area contributed by atoms with Crippen molar-refractivity contribution in [1.29, 1.82) is 0 Å². The maximum absolute atomic E-state index is 10.7. The molecule has 92 valence electrons. The minimum Gasteiger partial charge on any atom is -0.302 e. The fraction of sp³-hybridized carbons (Fsp3) is 0.333. The quantitative estimate of drug-likeness (QED) is 0.459. The summed E-state index contributed by atoms with van der Waals surface area (Å²) in [6, 6.07) is 3.49. The fourth-order valence-electron chi connectivity index (χ4n) is 1.22. The lowest BCUT2D eigenvalue weighted by Gasteiger charge is -2.04. The van der Waals surface area contributed by atoms with Gasteiger partial charge >= 0.3 is 0 Å². The minimum absolute atomic E-state index is 0.113. The van der Waals surface area contributed by atoms with Gasteiger partial charge in [-0.15, -0.1) is 0 Å². The molecule has 0 saturated carbocycles. The van der Waals surface area contributed by atoms with E-state index in [0.29, 0.717) is 12.2 Å². The Hall–Kier alpha value is -2.06. The summed E-state index contributed by atoms with van der Waals surface area (Å²) in [6.07, 6.45) is 0. The number of nitro benzene ring substituents is 2. The molecule has 0 fully saturated rings. The zero-order valence-corrected chi connectivity index (χ0v) is 9.08. The first-order valence-electron chi connectivity index (χ1n) is 4.82. The van der Waals surface area contributed by atoms with Crippen molar-refractivity contribution in [2.24, 2.45) is 0 Å². The van der Waals surface area contributed by atoms with Crippen molar-refractivity contribution in [2.45, 2.75) is 13.5 Å². The van der Waals surface area contributed by atoms with Gasteiger partial charge in [-0.2, -0.15) is 5.48 Å². The Kier molecular flexibility index (Phi) is 4.49. The van der Waals surface area contributed by atoms with Crippen LogP contribution in [0.2, 0.25) is 0 Å². The SMILES string of the molecule is CCONCc1ccc([N+](=O)[O-])cc1[N+](=O)[O-]. The second-order valence-corrected chi connectivity index (χ2v) is 3.08. The van der Waals surface area contributed by atoms with Crippen LogP contribution in [-0.2, 0) is 11.4 Å². The molecular weight excluding hydrogens is 230 g/mol. The summed E-state index contributed by atoms with van der Waals surface area (Å²) < 4.78 is 0. The molecule has 0 atom stereocenters. The van der Waals surface area contributed by atoms with Gasteiger partial charge < -0.3 is 4.84 Å². The van der Waals surface area contributed by atoms with Gasteiger partial charge in [-0.25, -0.2) is 0 Å². The first kappa shape index (κ1) is 13.0. The lowest BCUT2D eigenvalue weighted by molar-refractivity contribution is -0.394. The van der Waals surface area contributed by atoms with E-state index in [2.05, 4.69) is 5.48 Å². The molecule has 0 bridgehead atoms. The summed E-state index contributed by atoms with van der Waals surface area (Å²) in [6.45, 7) is 2.29. The number of non-ortho nitro benzene ring substituents is 1. The Balaban J connectivity index is 2.96. The van der Waals surface area contributed by atoms with Gasteiger partial charge in [0.05, 0.1) is 29.1 Å². The lowest BCUT2D eigenvalue weighted by Crippen LogP contribution is -2.14. The van der Waals surface area contributed by atoms with Crippen LogP contribution >= 0.6 is 0 Å². The smallest absolute Gasteiger partial charge is 0.280 e. The highest BCUT2D eigenvalue weighted by Gasteiger charge is 2.18. The summed E-state index contributed by atoms with van der Waals surface area (Å²) in [5.74, 6) is 0. The van der Waals surface area contributed by atoms with E-state index >= 15 is 0 Å². The second kappa shape index (κ2) is 5.87. The molecule has 17 heavy (non-hydrogen) atoms. The zero-order valence-electron chi connectivity index (χ0n) is 9.08. The van der Waals surface area contributed by atoms with Crippen LogP contribution in [0.25, 0.3) is 0 Å². The molecule has 0 aliphatic carbocycles. The monoisotopic (exact) mass is 241 g/mol. The molecule has 1 N–H and O–H groups in total. The molecule has 8 nitrogen and oxygen atoms in total. The van der Waals surface area contributed by atoms with Gasteiger partial charge in [0, 0.05) is 11.6 Å². The highest BCUT2D eigenvalue weighted by atomic mass is 16.6. The van der Waals surface area contributed by atoms with Crippen molar-refractivity contribution in [3.8, 4) is 0 Å². The second-order valence-electron chi connectivity index (χ2n) is 3.08. The number of benzene rings is 1. The predicted molar refractivity (Wildman–Crippen MR) is 58.2 cm³/mol. The van der Waals surface area contributed by atoms with Crippen LogP contribution in [0.5, 0.6) is 0 Å². The first-order valence-corrected chi connectivity index (χ1v) is 4.82. The Morgan fingerprint density at radius 2 is 2.00 bits per heavy atom. The van der Waals surface area contributed by atoms with E-state index < -0.39 is 9.85 Å².